The number of hydrogen-bond acceptors (Lipinski definition) is 4. The van der Waals surface area contributed by atoms with Gasteiger partial charge in [0.15, 0.2) is 5.82 Å². The minimum atomic E-state index is 0.231. The number of halogens is 1. The summed E-state index contributed by atoms with van der Waals surface area (Å²) in [7, 11) is 0. The van der Waals surface area contributed by atoms with Gasteiger partial charge in [0.1, 0.15) is 12.4 Å². The van der Waals surface area contributed by atoms with Gasteiger partial charge >= 0.3 is 0 Å². The van der Waals surface area contributed by atoms with E-state index in [1.165, 1.54) is 10.9 Å². The van der Waals surface area contributed by atoms with Crippen molar-refractivity contribution >= 4 is 36.1 Å². The number of para-hydroxylation sites is 1. The summed E-state index contributed by atoms with van der Waals surface area (Å²) in [6, 6.07) is 19.2. The van der Waals surface area contributed by atoms with Crippen LogP contribution in [0.1, 0.15) is 11.4 Å². The number of H-pyrrole nitrogens is 1. The Morgan fingerprint density at radius 1 is 1.16 bits per heavy atom. The molecule has 25 heavy (non-hydrogen) atoms. The van der Waals surface area contributed by atoms with Gasteiger partial charge in [-0.15, -0.1) is 0 Å². The SMILES string of the molecule is S=c1[nH]nc(COc2ccccc2)n1/N=C\C(Cl)=C\c1ccccc1. The van der Waals surface area contributed by atoms with Crippen LogP contribution >= 0.6 is 23.8 Å². The van der Waals surface area contributed by atoms with Gasteiger partial charge in [-0.25, -0.2) is 5.10 Å². The Morgan fingerprint density at radius 3 is 2.56 bits per heavy atom. The molecule has 1 aromatic heterocycles. The van der Waals surface area contributed by atoms with Crippen LogP contribution in [-0.2, 0) is 6.61 Å². The lowest BCUT2D eigenvalue weighted by Gasteiger charge is -2.04. The van der Waals surface area contributed by atoms with Gasteiger partial charge in [-0.1, -0.05) is 60.1 Å². The van der Waals surface area contributed by atoms with Crippen molar-refractivity contribution in [3.05, 3.63) is 81.9 Å². The predicted molar refractivity (Wildman–Crippen MR) is 102 cm³/mol. The smallest absolute Gasteiger partial charge is 0.216 e. The minimum Gasteiger partial charge on any atom is -0.486 e. The van der Waals surface area contributed by atoms with E-state index in [1.54, 1.807) is 0 Å². The van der Waals surface area contributed by atoms with Gasteiger partial charge in [-0.3, -0.25) is 0 Å². The van der Waals surface area contributed by atoms with Crippen molar-refractivity contribution in [3.8, 4) is 5.75 Å². The number of benzene rings is 2. The first-order valence-electron chi connectivity index (χ1n) is 7.53. The fraction of sp³-hybridized carbons (Fsp3) is 0.0556. The van der Waals surface area contributed by atoms with Crippen molar-refractivity contribution in [2.75, 3.05) is 0 Å². The van der Waals surface area contributed by atoms with Crippen molar-refractivity contribution in [2.24, 2.45) is 5.10 Å². The van der Waals surface area contributed by atoms with Crippen LogP contribution in [0.2, 0.25) is 0 Å². The summed E-state index contributed by atoms with van der Waals surface area (Å²) in [5.74, 6) is 1.29. The molecule has 126 valence electrons. The first-order valence-corrected chi connectivity index (χ1v) is 8.32. The molecule has 0 unspecified atom stereocenters. The predicted octanol–water partition coefficient (Wildman–Crippen LogP) is 4.63. The van der Waals surface area contributed by atoms with E-state index in [1.807, 2.05) is 66.7 Å². The van der Waals surface area contributed by atoms with Crippen LogP contribution in [0.3, 0.4) is 0 Å². The molecule has 0 bridgehead atoms. The molecule has 3 aromatic rings. The molecule has 0 aliphatic heterocycles. The summed E-state index contributed by atoms with van der Waals surface area (Å²) in [6.07, 6.45) is 3.33. The Labute approximate surface area is 155 Å². The third-order valence-electron chi connectivity index (χ3n) is 3.23. The third kappa shape index (κ3) is 4.89. The first kappa shape index (κ1) is 17.1. The average Bonchev–Trinajstić information content (AvgIpc) is 3.00. The van der Waals surface area contributed by atoms with E-state index in [0.29, 0.717) is 15.6 Å². The molecule has 0 aliphatic rings. The number of aromatic amines is 1. The zero-order chi connectivity index (χ0) is 17.5. The molecule has 0 spiro atoms. The largest absolute Gasteiger partial charge is 0.486 e. The zero-order valence-corrected chi connectivity index (χ0v) is 14.7. The van der Waals surface area contributed by atoms with Crippen molar-refractivity contribution in [3.63, 3.8) is 0 Å². The standard InChI is InChI=1S/C18H15ClN4OS/c19-15(11-14-7-3-1-4-8-14)12-20-23-17(21-22-18(23)25)13-24-16-9-5-2-6-10-16/h1-12H,13H2,(H,22,25)/b15-11-,20-12-. The second-order valence-corrected chi connectivity index (χ2v) is 5.87. The van der Waals surface area contributed by atoms with Gasteiger partial charge in [0, 0.05) is 0 Å². The van der Waals surface area contributed by atoms with E-state index in [2.05, 4.69) is 15.3 Å². The molecule has 0 radical (unpaired) electrons. The van der Waals surface area contributed by atoms with Crippen LogP contribution in [0.15, 0.2) is 70.8 Å². The van der Waals surface area contributed by atoms with Crippen molar-refractivity contribution in [1.82, 2.24) is 14.9 Å². The molecular weight excluding hydrogens is 356 g/mol. The van der Waals surface area contributed by atoms with Gasteiger partial charge in [-0.05, 0) is 36.0 Å². The Morgan fingerprint density at radius 2 is 1.84 bits per heavy atom. The number of nitrogens with one attached hydrogen (secondary N) is 1. The fourth-order valence-electron chi connectivity index (χ4n) is 2.06. The molecule has 1 heterocycles. The van der Waals surface area contributed by atoms with E-state index in [4.69, 9.17) is 28.6 Å². The van der Waals surface area contributed by atoms with Crippen LogP contribution in [0.25, 0.3) is 6.08 Å². The van der Waals surface area contributed by atoms with E-state index in [-0.39, 0.29) is 6.61 Å². The van der Waals surface area contributed by atoms with Crippen LogP contribution in [0.5, 0.6) is 5.75 Å². The van der Waals surface area contributed by atoms with Crippen molar-refractivity contribution < 1.29 is 4.74 Å². The summed E-state index contributed by atoms with van der Waals surface area (Å²) in [5.41, 5.74) is 0.988. The zero-order valence-electron chi connectivity index (χ0n) is 13.2. The van der Waals surface area contributed by atoms with E-state index >= 15 is 0 Å². The quantitative estimate of drug-likeness (QED) is 0.508. The maximum Gasteiger partial charge on any atom is 0.216 e. The van der Waals surface area contributed by atoms with Gasteiger partial charge < -0.3 is 4.74 Å². The van der Waals surface area contributed by atoms with Crippen LogP contribution in [-0.4, -0.2) is 21.1 Å². The Hall–Kier alpha value is -2.70. The molecule has 2 aromatic carbocycles. The second-order valence-electron chi connectivity index (χ2n) is 5.04. The molecule has 0 amide bonds. The number of rotatable bonds is 6. The molecular formula is C18H15ClN4OS. The van der Waals surface area contributed by atoms with Gasteiger partial charge in [0.05, 0.1) is 11.2 Å². The van der Waals surface area contributed by atoms with Crippen LogP contribution < -0.4 is 4.74 Å². The van der Waals surface area contributed by atoms with Crippen LogP contribution in [0.4, 0.5) is 0 Å². The van der Waals surface area contributed by atoms with Gasteiger partial charge in [0.25, 0.3) is 0 Å². The third-order valence-corrected chi connectivity index (χ3v) is 3.70. The molecule has 1 N–H and O–H groups in total. The Kier molecular flexibility index (Phi) is 5.77. The molecule has 0 saturated heterocycles. The minimum absolute atomic E-state index is 0.231. The first-order chi connectivity index (χ1) is 12.2. The highest BCUT2D eigenvalue weighted by Crippen LogP contribution is 2.12. The molecule has 5 nitrogen and oxygen atoms in total. The molecule has 0 atom stereocenters. The average molecular weight is 371 g/mol. The monoisotopic (exact) mass is 370 g/mol. The lowest BCUT2D eigenvalue weighted by molar-refractivity contribution is 0.290. The fourth-order valence-corrected chi connectivity index (χ4v) is 2.43. The number of allylic oxidation sites excluding steroid dienone is 1. The van der Waals surface area contributed by atoms with E-state index in [0.717, 1.165) is 11.3 Å². The molecule has 0 fully saturated rings. The van der Waals surface area contributed by atoms with E-state index in [9.17, 15) is 0 Å². The summed E-state index contributed by atoms with van der Waals surface area (Å²) in [4.78, 5) is 0. The maximum absolute atomic E-state index is 6.21. The number of aromatic nitrogens is 3. The summed E-state index contributed by atoms with van der Waals surface area (Å²) < 4.78 is 7.53. The van der Waals surface area contributed by atoms with Crippen LogP contribution in [0, 0.1) is 4.77 Å². The Balaban J connectivity index is 1.73. The lowest BCUT2D eigenvalue weighted by Crippen LogP contribution is -2.04. The Bertz CT molecular complexity index is 932. The summed E-state index contributed by atoms with van der Waals surface area (Å²) >= 11 is 11.4. The highest BCUT2D eigenvalue weighted by atomic mass is 35.5. The molecule has 3 rings (SSSR count). The van der Waals surface area contributed by atoms with Gasteiger partial charge in [-0.2, -0.15) is 14.9 Å². The normalized spacial score (nSPS) is 11.8. The summed E-state index contributed by atoms with van der Waals surface area (Å²) in [5, 5.41) is 11.6. The number of hydrogen-bond donors (Lipinski definition) is 1. The van der Waals surface area contributed by atoms with Crippen molar-refractivity contribution in [2.45, 2.75) is 6.61 Å². The highest BCUT2D eigenvalue weighted by Gasteiger charge is 2.06. The second kappa shape index (κ2) is 8.41. The van der Waals surface area contributed by atoms with Gasteiger partial charge in [0.2, 0.25) is 4.77 Å². The van der Waals surface area contributed by atoms with E-state index < -0.39 is 0 Å². The topological polar surface area (TPSA) is 55.2 Å². The maximum atomic E-state index is 6.21. The highest BCUT2D eigenvalue weighted by molar-refractivity contribution is 7.71. The summed E-state index contributed by atoms with van der Waals surface area (Å²) in [6.45, 7) is 0.231. The molecule has 0 aliphatic carbocycles. The lowest BCUT2D eigenvalue weighted by atomic mass is 10.2. The number of nitrogens with zero attached hydrogens (tertiary/aromatic N) is 3. The molecule has 7 heteroatoms. The van der Waals surface area contributed by atoms with Crippen molar-refractivity contribution in [1.29, 1.82) is 0 Å². The number of ether oxygens (including phenoxy) is 1. The molecule has 0 saturated carbocycles.